The third kappa shape index (κ3) is 10.1. The number of alkyl halides is 3. The monoisotopic (exact) mass is 608 g/mol. The molecule has 43 heavy (non-hydrogen) atoms. The summed E-state index contributed by atoms with van der Waals surface area (Å²) in [6, 6.07) is 7.60. The van der Waals surface area contributed by atoms with Gasteiger partial charge in [-0.1, -0.05) is 6.92 Å². The van der Waals surface area contributed by atoms with Crippen LogP contribution in [0, 0.1) is 5.92 Å². The summed E-state index contributed by atoms with van der Waals surface area (Å²) in [6.07, 6.45) is -2.32. The van der Waals surface area contributed by atoms with Crippen molar-refractivity contribution in [3.05, 3.63) is 53.6 Å². The molecule has 238 valence electrons. The number of amides is 3. The van der Waals surface area contributed by atoms with Gasteiger partial charge in [-0.05, 0) is 89.7 Å². The van der Waals surface area contributed by atoms with Crippen LogP contribution in [0.15, 0.2) is 42.5 Å². The first-order valence-electron chi connectivity index (χ1n) is 14.5. The molecule has 0 saturated carbocycles. The van der Waals surface area contributed by atoms with Crippen LogP contribution in [0.5, 0.6) is 5.75 Å². The molecule has 3 amide bonds. The number of aliphatic hydroxyl groups excluding tert-OH is 1. The third-order valence-corrected chi connectivity index (χ3v) is 7.32. The number of carbonyl (C=O) groups excluding carboxylic acids is 2. The molecule has 1 aliphatic heterocycles. The fourth-order valence-electron chi connectivity index (χ4n) is 4.86. The molecule has 0 aliphatic carbocycles. The summed E-state index contributed by atoms with van der Waals surface area (Å²) in [5.41, 5.74) is -0.155. The van der Waals surface area contributed by atoms with Crippen LogP contribution in [-0.2, 0) is 10.9 Å². The zero-order valence-electron chi connectivity index (χ0n) is 25.4. The third-order valence-electron chi connectivity index (χ3n) is 7.32. The molecular formula is C31H43F3N4O5. The highest BCUT2D eigenvalue weighted by molar-refractivity contribution is 6.02. The zero-order chi connectivity index (χ0) is 31.7. The Kier molecular flexibility index (Phi) is 12.2. The van der Waals surface area contributed by atoms with E-state index in [0.29, 0.717) is 25.4 Å². The molecule has 12 heteroatoms. The Morgan fingerprint density at radius 2 is 1.74 bits per heavy atom. The average Bonchev–Trinajstić information content (AvgIpc) is 2.94. The van der Waals surface area contributed by atoms with E-state index in [4.69, 9.17) is 9.47 Å². The number of anilines is 2. The summed E-state index contributed by atoms with van der Waals surface area (Å²) in [7, 11) is 3.94. The fourth-order valence-corrected chi connectivity index (χ4v) is 4.86. The van der Waals surface area contributed by atoms with E-state index in [1.54, 1.807) is 24.0 Å². The van der Waals surface area contributed by atoms with Crippen LogP contribution < -0.4 is 15.4 Å². The predicted octanol–water partition coefficient (Wildman–Crippen LogP) is 5.71. The minimum absolute atomic E-state index is 0.0533. The highest BCUT2D eigenvalue weighted by Crippen LogP contribution is 2.31. The zero-order valence-corrected chi connectivity index (χ0v) is 25.4. The van der Waals surface area contributed by atoms with Gasteiger partial charge in [0.2, 0.25) is 0 Å². The first kappa shape index (κ1) is 34.1. The molecule has 1 aliphatic rings. The minimum atomic E-state index is -4.48. The Morgan fingerprint density at radius 3 is 2.37 bits per heavy atom. The summed E-state index contributed by atoms with van der Waals surface area (Å²) in [5.74, 6) is -0.0717. The van der Waals surface area contributed by atoms with Crippen LogP contribution in [0.4, 0.5) is 29.3 Å². The maximum Gasteiger partial charge on any atom is 0.416 e. The topological polar surface area (TPSA) is 103 Å². The molecule has 1 heterocycles. The Balaban J connectivity index is 1.90. The number of likely N-dealkylation sites (N-methyl/N-ethyl adjacent to an activating group) is 1. The van der Waals surface area contributed by atoms with Crippen molar-refractivity contribution in [3.8, 4) is 5.75 Å². The predicted molar refractivity (Wildman–Crippen MR) is 160 cm³/mol. The van der Waals surface area contributed by atoms with Gasteiger partial charge >= 0.3 is 12.2 Å². The Bertz CT molecular complexity index is 1210. The highest BCUT2D eigenvalue weighted by Gasteiger charge is 2.31. The van der Waals surface area contributed by atoms with Crippen LogP contribution >= 0.6 is 0 Å². The lowest BCUT2D eigenvalue weighted by atomic mass is 10.0. The van der Waals surface area contributed by atoms with E-state index in [1.807, 2.05) is 32.8 Å². The molecule has 9 nitrogen and oxygen atoms in total. The van der Waals surface area contributed by atoms with Crippen molar-refractivity contribution in [2.24, 2.45) is 5.92 Å². The fraction of sp³-hybridized carbons (Fsp3) is 0.548. The van der Waals surface area contributed by atoms with Crippen LogP contribution in [0.1, 0.15) is 56.0 Å². The van der Waals surface area contributed by atoms with Gasteiger partial charge in [-0.15, -0.1) is 0 Å². The van der Waals surface area contributed by atoms with Crippen molar-refractivity contribution < 1.29 is 37.3 Å². The maximum absolute atomic E-state index is 14.1. The van der Waals surface area contributed by atoms with E-state index >= 15 is 0 Å². The van der Waals surface area contributed by atoms with E-state index in [0.717, 1.165) is 43.5 Å². The summed E-state index contributed by atoms with van der Waals surface area (Å²) in [6.45, 7) is 7.05. The normalized spacial score (nSPS) is 21.4. The summed E-state index contributed by atoms with van der Waals surface area (Å²) in [4.78, 5) is 30.4. The molecule has 0 bridgehead atoms. The largest absolute Gasteiger partial charge is 0.490 e. The summed E-state index contributed by atoms with van der Waals surface area (Å²) >= 11 is 0. The first-order chi connectivity index (χ1) is 20.3. The molecule has 2 aromatic rings. The van der Waals surface area contributed by atoms with Crippen LogP contribution in [-0.4, -0.2) is 85.5 Å². The van der Waals surface area contributed by atoms with E-state index in [9.17, 15) is 27.9 Å². The lowest BCUT2D eigenvalue weighted by molar-refractivity contribution is -0.137. The summed E-state index contributed by atoms with van der Waals surface area (Å²) in [5, 5.41) is 15.2. The smallest absolute Gasteiger partial charge is 0.416 e. The van der Waals surface area contributed by atoms with E-state index in [1.165, 1.54) is 6.07 Å². The number of urea groups is 1. The van der Waals surface area contributed by atoms with E-state index in [2.05, 4.69) is 10.6 Å². The van der Waals surface area contributed by atoms with Crippen molar-refractivity contribution >= 4 is 23.3 Å². The van der Waals surface area contributed by atoms with Crippen molar-refractivity contribution in [1.29, 1.82) is 0 Å². The lowest BCUT2D eigenvalue weighted by Crippen LogP contribution is -2.47. The minimum Gasteiger partial charge on any atom is -0.490 e. The van der Waals surface area contributed by atoms with Crippen molar-refractivity contribution in [2.45, 2.75) is 64.5 Å². The Labute approximate surface area is 251 Å². The molecule has 0 fully saturated rings. The number of halogens is 3. The number of nitrogens with zero attached hydrogens (tertiary/aromatic N) is 2. The highest BCUT2D eigenvalue weighted by atomic mass is 19.4. The number of hydrogen-bond donors (Lipinski definition) is 3. The van der Waals surface area contributed by atoms with Crippen LogP contribution in [0.2, 0.25) is 0 Å². The second kappa shape index (κ2) is 15.4. The molecule has 0 radical (unpaired) electrons. The standard InChI is InChI=1S/C31H43F3N4O5/c1-20-17-38(21(2)19-39)29(40)26-16-25(36-30(41)35-24-11-9-23(10-12-24)31(32,33)34)13-14-27(26)43-22(3)8-6-7-15-42-28(20)18-37(4)5/h9-14,16,20-22,28,39H,6-8,15,17-19H2,1-5H3,(H2,35,36,41)/t20-,21+,22+,28-/m1/s1. The molecule has 0 aromatic heterocycles. The molecule has 4 atom stereocenters. The molecule has 0 unspecified atom stereocenters. The number of fused-ring (bicyclic) bond motifs is 1. The second-order valence-corrected chi connectivity index (χ2v) is 11.4. The molecule has 3 N–H and O–H groups in total. The average molecular weight is 609 g/mol. The van der Waals surface area contributed by atoms with Crippen LogP contribution in [0.3, 0.4) is 0 Å². The number of nitrogens with one attached hydrogen (secondary N) is 2. The number of rotatable bonds is 6. The quantitative estimate of drug-likeness (QED) is 0.389. The number of aliphatic hydroxyl groups is 1. The van der Waals surface area contributed by atoms with Gasteiger partial charge in [0.15, 0.2) is 0 Å². The molecule has 0 spiro atoms. The summed E-state index contributed by atoms with van der Waals surface area (Å²) < 4.78 is 51.1. The SMILES string of the molecule is C[C@@H]1CN([C@@H](C)CO)C(=O)c2cc(NC(=O)Nc3ccc(C(F)(F)F)cc3)ccc2O[C@@H](C)CCCCO[C@@H]1CN(C)C. The van der Waals surface area contributed by atoms with Gasteiger partial charge in [0.1, 0.15) is 5.75 Å². The van der Waals surface area contributed by atoms with E-state index in [-0.39, 0.29) is 47.6 Å². The van der Waals surface area contributed by atoms with Crippen molar-refractivity contribution in [3.63, 3.8) is 0 Å². The van der Waals surface area contributed by atoms with Crippen molar-refractivity contribution in [2.75, 3.05) is 51.0 Å². The molecule has 3 rings (SSSR count). The number of benzene rings is 2. The molecular weight excluding hydrogens is 565 g/mol. The van der Waals surface area contributed by atoms with Gasteiger partial charge in [0.05, 0.1) is 36.0 Å². The van der Waals surface area contributed by atoms with Gasteiger partial charge in [-0.2, -0.15) is 13.2 Å². The molecule has 0 saturated heterocycles. The van der Waals surface area contributed by atoms with Crippen LogP contribution in [0.25, 0.3) is 0 Å². The van der Waals surface area contributed by atoms with Gasteiger partial charge in [0, 0.05) is 37.0 Å². The Morgan fingerprint density at radius 1 is 1.09 bits per heavy atom. The number of hydrogen-bond acceptors (Lipinski definition) is 6. The number of carbonyl (C=O) groups is 2. The van der Waals surface area contributed by atoms with E-state index < -0.39 is 23.8 Å². The van der Waals surface area contributed by atoms with Crippen molar-refractivity contribution in [1.82, 2.24) is 9.80 Å². The Hall–Kier alpha value is -3.35. The molecule has 2 aromatic carbocycles. The second-order valence-electron chi connectivity index (χ2n) is 11.4. The number of ether oxygens (including phenoxy) is 2. The van der Waals surface area contributed by atoms with Gasteiger partial charge in [-0.25, -0.2) is 4.79 Å². The van der Waals surface area contributed by atoms with Gasteiger partial charge in [-0.3, -0.25) is 4.79 Å². The lowest BCUT2D eigenvalue weighted by Gasteiger charge is -2.35. The van der Waals surface area contributed by atoms with Gasteiger partial charge in [0.25, 0.3) is 5.91 Å². The van der Waals surface area contributed by atoms with Gasteiger partial charge < -0.3 is 35.0 Å². The maximum atomic E-state index is 14.1. The first-order valence-corrected chi connectivity index (χ1v) is 14.5.